The minimum absolute atomic E-state index is 0.241. The molecule has 0 saturated heterocycles. The summed E-state index contributed by atoms with van der Waals surface area (Å²) in [4.78, 5) is 15.9. The van der Waals surface area contributed by atoms with Gasteiger partial charge in [0.15, 0.2) is 11.5 Å². The Balaban J connectivity index is 2.49. The second-order valence-electron chi connectivity index (χ2n) is 4.85. The molecule has 0 aliphatic rings. The maximum absolute atomic E-state index is 13.7. The molecule has 0 bridgehead atoms. The number of nitrogens with zero attached hydrogens (tertiary/aromatic N) is 2. The van der Waals surface area contributed by atoms with Crippen molar-refractivity contribution in [3.8, 4) is 0 Å². The van der Waals surface area contributed by atoms with E-state index in [1.165, 1.54) is 6.20 Å². The van der Waals surface area contributed by atoms with Crippen LogP contribution in [-0.2, 0) is 4.74 Å². The lowest BCUT2D eigenvalue weighted by Gasteiger charge is -2.19. The van der Waals surface area contributed by atoms with Gasteiger partial charge >= 0.3 is 6.09 Å². The summed E-state index contributed by atoms with van der Waals surface area (Å²) in [5.41, 5.74) is -0.399. The fraction of sp³-hybridized carbons (Fsp3) is 0.333. The van der Waals surface area contributed by atoms with Crippen molar-refractivity contribution in [1.82, 2.24) is 9.55 Å². The van der Waals surface area contributed by atoms with Crippen molar-refractivity contribution in [3.05, 3.63) is 28.7 Å². The number of pyridine rings is 1. The van der Waals surface area contributed by atoms with Gasteiger partial charge in [-0.2, -0.15) is 0 Å². The number of halogens is 2. The zero-order valence-corrected chi connectivity index (χ0v) is 11.8. The molecule has 96 valence electrons. The number of fused-ring (bicyclic) bond motifs is 1. The van der Waals surface area contributed by atoms with Crippen LogP contribution in [-0.4, -0.2) is 21.2 Å². The van der Waals surface area contributed by atoms with Gasteiger partial charge in [0.2, 0.25) is 0 Å². The van der Waals surface area contributed by atoms with Gasteiger partial charge in [0.05, 0.1) is 11.6 Å². The molecule has 6 heteroatoms. The lowest BCUT2D eigenvalue weighted by molar-refractivity contribution is 0.0542. The highest BCUT2D eigenvalue weighted by Crippen LogP contribution is 2.22. The van der Waals surface area contributed by atoms with Crippen molar-refractivity contribution >= 4 is 33.1 Å². The Labute approximate surface area is 112 Å². The average Bonchev–Trinajstić information content (AvgIpc) is 2.54. The van der Waals surface area contributed by atoms with E-state index in [9.17, 15) is 9.18 Å². The van der Waals surface area contributed by atoms with Crippen LogP contribution in [0.15, 0.2) is 22.9 Å². The van der Waals surface area contributed by atoms with Crippen molar-refractivity contribution in [1.29, 1.82) is 0 Å². The molecule has 0 aliphatic heterocycles. The summed E-state index contributed by atoms with van der Waals surface area (Å²) >= 11 is 3.21. The molecule has 2 aromatic heterocycles. The quantitative estimate of drug-likeness (QED) is 0.744. The summed E-state index contributed by atoms with van der Waals surface area (Å²) in [5, 5.41) is 0.273. The van der Waals surface area contributed by atoms with Crippen molar-refractivity contribution in [2.45, 2.75) is 26.4 Å². The number of hydrogen-bond acceptors (Lipinski definition) is 3. The first-order valence-corrected chi connectivity index (χ1v) is 6.13. The van der Waals surface area contributed by atoms with E-state index >= 15 is 0 Å². The predicted molar refractivity (Wildman–Crippen MR) is 69.0 cm³/mol. The van der Waals surface area contributed by atoms with E-state index in [0.29, 0.717) is 4.47 Å². The van der Waals surface area contributed by atoms with Crippen LogP contribution in [0.2, 0.25) is 0 Å². The molecule has 0 fully saturated rings. The molecule has 2 rings (SSSR count). The minimum Gasteiger partial charge on any atom is -0.443 e. The van der Waals surface area contributed by atoms with Gasteiger partial charge < -0.3 is 4.74 Å². The number of ether oxygens (including phenoxy) is 1. The molecular weight excluding hydrogens is 303 g/mol. The van der Waals surface area contributed by atoms with Crippen LogP contribution in [0.4, 0.5) is 9.18 Å². The third-order valence-corrected chi connectivity index (χ3v) is 2.59. The third kappa shape index (κ3) is 2.53. The molecular formula is C12H12BrFN2O2. The number of rotatable bonds is 0. The highest BCUT2D eigenvalue weighted by Gasteiger charge is 2.21. The first-order valence-electron chi connectivity index (χ1n) is 5.33. The molecule has 2 aromatic rings. The van der Waals surface area contributed by atoms with Crippen LogP contribution < -0.4 is 0 Å². The summed E-state index contributed by atoms with van der Waals surface area (Å²) in [6.45, 7) is 5.24. The van der Waals surface area contributed by atoms with Gasteiger partial charge in [-0.05, 0) is 42.8 Å². The van der Waals surface area contributed by atoms with Gasteiger partial charge in [-0.25, -0.2) is 18.7 Å². The number of aromatic nitrogens is 2. The maximum atomic E-state index is 13.7. The molecule has 18 heavy (non-hydrogen) atoms. The van der Waals surface area contributed by atoms with Gasteiger partial charge in [0.1, 0.15) is 5.60 Å². The summed E-state index contributed by atoms with van der Waals surface area (Å²) < 4.78 is 20.6. The van der Waals surface area contributed by atoms with Crippen LogP contribution in [0.5, 0.6) is 0 Å². The van der Waals surface area contributed by atoms with E-state index in [4.69, 9.17) is 4.74 Å². The largest absolute Gasteiger partial charge is 0.443 e. The highest BCUT2D eigenvalue weighted by molar-refractivity contribution is 9.10. The monoisotopic (exact) mass is 314 g/mol. The summed E-state index contributed by atoms with van der Waals surface area (Å²) in [7, 11) is 0. The first-order chi connectivity index (χ1) is 8.28. The van der Waals surface area contributed by atoms with E-state index in [0.717, 1.165) is 10.8 Å². The molecule has 0 aliphatic carbocycles. The van der Waals surface area contributed by atoms with Crippen LogP contribution in [0, 0.1) is 5.82 Å². The van der Waals surface area contributed by atoms with Crippen molar-refractivity contribution in [2.24, 2.45) is 0 Å². The number of hydrogen-bond donors (Lipinski definition) is 0. The van der Waals surface area contributed by atoms with Gasteiger partial charge in [0, 0.05) is 10.7 Å². The van der Waals surface area contributed by atoms with E-state index in [1.54, 1.807) is 26.8 Å². The van der Waals surface area contributed by atoms with Crippen LogP contribution in [0.1, 0.15) is 20.8 Å². The molecule has 4 nitrogen and oxygen atoms in total. The van der Waals surface area contributed by atoms with Gasteiger partial charge in [-0.3, -0.25) is 0 Å². The fourth-order valence-corrected chi connectivity index (χ4v) is 1.83. The Morgan fingerprint density at radius 1 is 1.50 bits per heavy atom. The second-order valence-corrected chi connectivity index (χ2v) is 5.77. The van der Waals surface area contributed by atoms with Crippen molar-refractivity contribution in [2.75, 3.05) is 0 Å². The van der Waals surface area contributed by atoms with E-state index in [1.807, 2.05) is 0 Å². The van der Waals surface area contributed by atoms with Crippen molar-refractivity contribution < 1.29 is 13.9 Å². The fourth-order valence-electron chi connectivity index (χ4n) is 1.49. The van der Waals surface area contributed by atoms with E-state index in [-0.39, 0.29) is 11.0 Å². The zero-order chi connectivity index (χ0) is 13.5. The highest BCUT2D eigenvalue weighted by atomic mass is 79.9. The predicted octanol–water partition coefficient (Wildman–Crippen LogP) is 3.72. The molecule has 0 amide bonds. The smallest absolute Gasteiger partial charge is 0.420 e. The summed E-state index contributed by atoms with van der Waals surface area (Å²) in [6.07, 6.45) is 1.94. The molecule has 2 heterocycles. The number of carbonyl (C=O) groups is 1. The Bertz CT molecular complexity index is 616. The SMILES string of the molecule is CC(C)(C)OC(=O)n1cc(F)c2cc(Br)cnc21. The van der Waals surface area contributed by atoms with E-state index < -0.39 is 17.5 Å². The Kier molecular flexibility index (Phi) is 3.14. The van der Waals surface area contributed by atoms with Gasteiger partial charge in [0.25, 0.3) is 0 Å². The molecule has 0 spiro atoms. The lowest BCUT2D eigenvalue weighted by Crippen LogP contribution is -2.26. The second kappa shape index (κ2) is 4.35. The van der Waals surface area contributed by atoms with Crippen LogP contribution in [0.3, 0.4) is 0 Å². The molecule has 0 saturated carbocycles. The summed E-state index contributed by atoms with van der Waals surface area (Å²) in [6, 6.07) is 1.57. The summed E-state index contributed by atoms with van der Waals surface area (Å²) in [5.74, 6) is -0.510. The topological polar surface area (TPSA) is 44.1 Å². The Hall–Kier alpha value is -1.43. The molecule has 0 unspecified atom stereocenters. The normalized spacial score (nSPS) is 11.8. The molecule has 0 N–H and O–H groups in total. The standard InChI is InChI=1S/C12H12BrFN2O2/c1-12(2,3)18-11(17)16-6-9(14)8-4-7(13)5-15-10(8)16/h4-6H,1-3H3. The number of carbonyl (C=O) groups excluding carboxylic acids is 1. The van der Waals surface area contributed by atoms with Crippen LogP contribution >= 0.6 is 15.9 Å². The Morgan fingerprint density at radius 2 is 2.17 bits per heavy atom. The Morgan fingerprint density at radius 3 is 2.78 bits per heavy atom. The first kappa shape index (κ1) is 13.0. The minimum atomic E-state index is -0.647. The lowest BCUT2D eigenvalue weighted by atomic mass is 10.2. The average molecular weight is 315 g/mol. The van der Waals surface area contributed by atoms with Gasteiger partial charge in [-0.1, -0.05) is 0 Å². The van der Waals surface area contributed by atoms with Crippen molar-refractivity contribution in [3.63, 3.8) is 0 Å². The molecule has 0 aromatic carbocycles. The van der Waals surface area contributed by atoms with Crippen LogP contribution in [0.25, 0.3) is 11.0 Å². The van der Waals surface area contributed by atoms with Gasteiger partial charge in [-0.15, -0.1) is 0 Å². The molecule has 0 radical (unpaired) electrons. The zero-order valence-electron chi connectivity index (χ0n) is 10.2. The third-order valence-electron chi connectivity index (χ3n) is 2.15. The maximum Gasteiger partial charge on any atom is 0.420 e. The molecule has 0 atom stereocenters. The van der Waals surface area contributed by atoms with E-state index in [2.05, 4.69) is 20.9 Å².